The van der Waals surface area contributed by atoms with Crippen LogP contribution >= 0.6 is 22.9 Å². The van der Waals surface area contributed by atoms with Crippen molar-refractivity contribution < 1.29 is 18.8 Å². The summed E-state index contributed by atoms with van der Waals surface area (Å²) in [6, 6.07) is 8.64. The molecule has 0 bridgehead atoms. The summed E-state index contributed by atoms with van der Waals surface area (Å²) in [6.45, 7) is 0.827. The van der Waals surface area contributed by atoms with Gasteiger partial charge in [0.2, 0.25) is 0 Å². The number of anilines is 1. The Morgan fingerprint density at radius 1 is 1.19 bits per heavy atom. The highest BCUT2D eigenvalue weighted by Gasteiger charge is 2.27. The van der Waals surface area contributed by atoms with E-state index >= 15 is 0 Å². The van der Waals surface area contributed by atoms with E-state index in [2.05, 4.69) is 15.8 Å². The van der Waals surface area contributed by atoms with Crippen LogP contribution in [-0.4, -0.2) is 37.2 Å². The van der Waals surface area contributed by atoms with Crippen LogP contribution in [0.4, 0.5) is 5.00 Å². The van der Waals surface area contributed by atoms with E-state index in [0.29, 0.717) is 34.5 Å². The number of aromatic nitrogens is 1. The lowest BCUT2D eigenvalue weighted by atomic mass is 9.95. The Morgan fingerprint density at radius 2 is 1.97 bits per heavy atom. The molecule has 0 aliphatic heterocycles. The summed E-state index contributed by atoms with van der Waals surface area (Å²) in [5.74, 6) is -0.160. The van der Waals surface area contributed by atoms with E-state index in [1.165, 1.54) is 11.3 Å². The van der Waals surface area contributed by atoms with E-state index in [4.69, 9.17) is 20.9 Å². The number of nitrogens with one attached hydrogen (secondary N) is 2. The van der Waals surface area contributed by atoms with Gasteiger partial charge in [-0.3, -0.25) is 9.59 Å². The molecule has 0 atom stereocenters. The summed E-state index contributed by atoms with van der Waals surface area (Å²) < 4.78 is 10.3. The number of thiophene rings is 1. The van der Waals surface area contributed by atoms with Gasteiger partial charge in [-0.2, -0.15) is 0 Å². The third-order valence-electron chi connectivity index (χ3n) is 5.09. The van der Waals surface area contributed by atoms with Crippen LogP contribution in [0.3, 0.4) is 0 Å². The highest BCUT2D eigenvalue weighted by Crippen LogP contribution is 2.38. The van der Waals surface area contributed by atoms with Crippen molar-refractivity contribution in [2.45, 2.75) is 25.7 Å². The van der Waals surface area contributed by atoms with Gasteiger partial charge in [-0.25, -0.2) is 0 Å². The number of benzene rings is 1. The van der Waals surface area contributed by atoms with Gasteiger partial charge in [-0.05, 0) is 55.5 Å². The van der Waals surface area contributed by atoms with Crippen LogP contribution in [-0.2, 0) is 17.6 Å². The normalized spacial score (nSPS) is 13.0. The Bertz CT molecular complexity index is 1090. The number of rotatable bonds is 7. The second-order valence-corrected chi connectivity index (χ2v) is 8.74. The number of methoxy groups -OCH3 is 1. The Labute approximate surface area is 188 Å². The molecule has 1 aliphatic rings. The van der Waals surface area contributed by atoms with Gasteiger partial charge in [0.25, 0.3) is 11.8 Å². The van der Waals surface area contributed by atoms with Gasteiger partial charge < -0.3 is 19.9 Å². The zero-order valence-corrected chi connectivity index (χ0v) is 18.6. The Hall–Kier alpha value is -2.68. The smallest absolute Gasteiger partial charge is 0.278 e. The molecule has 31 heavy (non-hydrogen) atoms. The quantitative estimate of drug-likeness (QED) is 0.505. The molecule has 0 saturated heterocycles. The molecule has 3 aromatic rings. The van der Waals surface area contributed by atoms with E-state index in [-0.39, 0.29) is 11.6 Å². The fourth-order valence-corrected chi connectivity index (χ4v) is 4.96. The van der Waals surface area contributed by atoms with Crippen molar-refractivity contribution in [3.05, 3.63) is 57.1 Å². The van der Waals surface area contributed by atoms with Crippen molar-refractivity contribution >= 4 is 39.8 Å². The first kappa shape index (κ1) is 21.5. The highest BCUT2D eigenvalue weighted by atomic mass is 35.5. The van der Waals surface area contributed by atoms with Crippen molar-refractivity contribution in [2.24, 2.45) is 0 Å². The van der Waals surface area contributed by atoms with Crippen LogP contribution < -0.4 is 10.6 Å². The number of halogens is 1. The van der Waals surface area contributed by atoms with E-state index in [1.807, 2.05) is 0 Å². The first-order chi connectivity index (χ1) is 15.1. The minimum atomic E-state index is -0.423. The number of aryl methyl sites for hydroxylation is 1. The molecular formula is C22H22ClN3O4S. The van der Waals surface area contributed by atoms with Gasteiger partial charge in [0.05, 0.1) is 12.2 Å². The predicted molar refractivity (Wildman–Crippen MR) is 120 cm³/mol. The third kappa shape index (κ3) is 4.81. The summed E-state index contributed by atoms with van der Waals surface area (Å²) in [4.78, 5) is 26.9. The van der Waals surface area contributed by atoms with Crippen LogP contribution in [0, 0.1) is 0 Å². The fourth-order valence-electron chi connectivity index (χ4n) is 3.55. The molecule has 4 rings (SSSR count). The van der Waals surface area contributed by atoms with E-state index in [0.717, 1.165) is 41.7 Å². The highest BCUT2D eigenvalue weighted by molar-refractivity contribution is 7.17. The maximum atomic E-state index is 12.9. The second-order valence-electron chi connectivity index (χ2n) is 7.20. The standard InChI is InChI=1S/C22H22ClN3O4S/c1-29-11-10-24-21(28)19-15-4-2-3-5-18(15)31-22(19)25-20(27)16-12-17(30-26-16)13-6-8-14(23)9-7-13/h6-9,12H,2-5,10-11H2,1H3,(H,24,28)(H,25,27). The van der Waals surface area contributed by atoms with E-state index in [9.17, 15) is 9.59 Å². The summed E-state index contributed by atoms with van der Waals surface area (Å²) in [7, 11) is 1.58. The number of hydrogen-bond acceptors (Lipinski definition) is 6. The van der Waals surface area contributed by atoms with Crippen LogP contribution in [0.15, 0.2) is 34.9 Å². The molecule has 1 aromatic carbocycles. The van der Waals surface area contributed by atoms with Gasteiger partial charge in [-0.15, -0.1) is 11.3 Å². The lowest BCUT2D eigenvalue weighted by Crippen LogP contribution is -2.28. The van der Waals surface area contributed by atoms with Crippen molar-refractivity contribution in [1.29, 1.82) is 0 Å². The number of carbonyl (C=O) groups excluding carboxylic acids is 2. The number of fused-ring (bicyclic) bond motifs is 1. The Kier molecular flexibility index (Phi) is 6.70. The van der Waals surface area contributed by atoms with Crippen molar-refractivity contribution in [3.63, 3.8) is 0 Å². The molecule has 0 unspecified atom stereocenters. The maximum Gasteiger partial charge on any atom is 0.278 e. The molecule has 2 amide bonds. The van der Waals surface area contributed by atoms with Crippen LogP contribution in [0.1, 0.15) is 44.1 Å². The zero-order valence-electron chi connectivity index (χ0n) is 17.0. The molecule has 1 aliphatic carbocycles. The van der Waals surface area contributed by atoms with Gasteiger partial charge >= 0.3 is 0 Å². The topological polar surface area (TPSA) is 93.5 Å². The first-order valence-electron chi connectivity index (χ1n) is 10.0. The molecule has 2 N–H and O–H groups in total. The van der Waals surface area contributed by atoms with Gasteiger partial charge in [0.1, 0.15) is 5.00 Å². The second kappa shape index (κ2) is 9.64. The molecular weight excluding hydrogens is 438 g/mol. The summed E-state index contributed by atoms with van der Waals surface area (Å²) >= 11 is 7.38. The number of ether oxygens (including phenoxy) is 1. The van der Waals surface area contributed by atoms with Crippen LogP contribution in [0.5, 0.6) is 0 Å². The van der Waals surface area contributed by atoms with Crippen molar-refractivity contribution in [1.82, 2.24) is 10.5 Å². The molecule has 9 heteroatoms. The van der Waals surface area contributed by atoms with Crippen LogP contribution in [0.2, 0.25) is 5.02 Å². The Balaban J connectivity index is 1.56. The molecule has 0 spiro atoms. The van der Waals surface area contributed by atoms with E-state index in [1.54, 1.807) is 37.4 Å². The zero-order chi connectivity index (χ0) is 21.8. The molecule has 162 valence electrons. The third-order valence-corrected chi connectivity index (χ3v) is 6.55. The Morgan fingerprint density at radius 3 is 2.74 bits per heavy atom. The van der Waals surface area contributed by atoms with Crippen molar-refractivity contribution in [3.8, 4) is 11.3 Å². The number of nitrogens with zero attached hydrogens (tertiary/aromatic N) is 1. The molecule has 2 aromatic heterocycles. The molecule has 0 saturated carbocycles. The fraction of sp³-hybridized carbons (Fsp3) is 0.318. The number of carbonyl (C=O) groups is 2. The number of amides is 2. The lowest BCUT2D eigenvalue weighted by molar-refractivity contribution is 0.0937. The molecule has 0 radical (unpaired) electrons. The monoisotopic (exact) mass is 459 g/mol. The summed E-state index contributed by atoms with van der Waals surface area (Å²) in [6.07, 6.45) is 3.86. The largest absolute Gasteiger partial charge is 0.383 e. The van der Waals surface area contributed by atoms with Gasteiger partial charge in [0, 0.05) is 35.2 Å². The number of hydrogen-bond donors (Lipinski definition) is 2. The summed E-state index contributed by atoms with van der Waals surface area (Å²) in [5, 5.41) is 10.8. The predicted octanol–water partition coefficient (Wildman–Crippen LogP) is 4.56. The van der Waals surface area contributed by atoms with Gasteiger partial charge in [0.15, 0.2) is 11.5 Å². The lowest BCUT2D eigenvalue weighted by Gasteiger charge is -2.13. The molecule has 0 fully saturated rings. The first-order valence-corrected chi connectivity index (χ1v) is 11.2. The van der Waals surface area contributed by atoms with Gasteiger partial charge in [-0.1, -0.05) is 16.8 Å². The average molecular weight is 460 g/mol. The summed E-state index contributed by atoms with van der Waals surface area (Å²) in [5.41, 5.74) is 2.48. The SMILES string of the molecule is COCCNC(=O)c1c(NC(=O)c2cc(-c3ccc(Cl)cc3)on2)sc2c1CCCC2. The maximum absolute atomic E-state index is 12.9. The average Bonchev–Trinajstić information content (AvgIpc) is 3.39. The minimum absolute atomic E-state index is 0.141. The molecule has 7 nitrogen and oxygen atoms in total. The van der Waals surface area contributed by atoms with E-state index < -0.39 is 5.91 Å². The van der Waals surface area contributed by atoms with Crippen LogP contribution in [0.25, 0.3) is 11.3 Å². The minimum Gasteiger partial charge on any atom is -0.383 e. The van der Waals surface area contributed by atoms with Crippen molar-refractivity contribution in [2.75, 3.05) is 25.6 Å². The molecule has 2 heterocycles.